The Morgan fingerprint density at radius 1 is 1.21 bits per heavy atom. The largest absolute Gasteiger partial charge is 0.383 e. The molecular formula is C21H34ClN3O6S2. The molecule has 0 aromatic heterocycles. The van der Waals surface area contributed by atoms with E-state index in [2.05, 4.69) is 0 Å². The first-order valence-electron chi connectivity index (χ1n) is 10.9. The van der Waals surface area contributed by atoms with Crippen LogP contribution in [0.25, 0.3) is 0 Å². The zero-order valence-corrected chi connectivity index (χ0v) is 21.8. The van der Waals surface area contributed by atoms with E-state index in [9.17, 15) is 21.6 Å². The monoisotopic (exact) mass is 523 g/mol. The Hall–Kier alpha value is -1.24. The molecule has 33 heavy (non-hydrogen) atoms. The number of hydrogen-bond acceptors (Lipinski definition) is 6. The van der Waals surface area contributed by atoms with E-state index in [1.807, 2.05) is 6.07 Å². The van der Waals surface area contributed by atoms with Crippen molar-refractivity contribution in [2.45, 2.75) is 38.8 Å². The summed E-state index contributed by atoms with van der Waals surface area (Å²) in [6.07, 6.45) is 2.56. The number of ether oxygens (including phenoxy) is 1. The van der Waals surface area contributed by atoms with Gasteiger partial charge in [0.05, 0.1) is 25.2 Å². The summed E-state index contributed by atoms with van der Waals surface area (Å²) < 4.78 is 56.9. The highest BCUT2D eigenvalue weighted by molar-refractivity contribution is 7.89. The molecule has 0 radical (unpaired) electrons. The van der Waals surface area contributed by atoms with E-state index in [1.165, 1.54) is 22.0 Å². The molecule has 1 aliphatic rings. The molecule has 0 unspecified atom stereocenters. The molecule has 1 aliphatic heterocycles. The summed E-state index contributed by atoms with van der Waals surface area (Å²) in [5.41, 5.74) is 0.821. The number of halogens is 1. The second kappa shape index (κ2) is 12.5. The minimum absolute atomic E-state index is 0.0506. The Morgan fingerprint density at radius 2 is 1.88 bits per heavy atom. The van der Waals surface area contributed by atoms with E-state index in [-0.39, 0.29) is 43.9 Å². The molecule has 1 heterocycles. The Labute approximate surface area is 202 Å². The number of carbonyl (C=O) groups is 1. The molecule has 1 aromatic carbocycles. The number of benzene rings is 1. The molecule has 2 rings (SSSR count). The van der Waals surface area contributed by atoms with Gasteiger partial charge in [-0.3, -0.25) is 4.79 Å². The minimum Gasteiger partial charge on any atom is -0.383 e. The fraction of sp³-hybridized carbons (Fsp3) is 0.667. The van der Waals surface area contributed by atoms with Crippen LogP contribution in [0.3, 0.4) is 0 Å². The highest BCUT2D eigenvalue weighted by atomic mass is 35.5. The molecule has 1 fully saturated rings. The average Bonchev–Trinajstić information content (AvgIpc) is 2.74. The molecule has 12 heteroatoms. The summed E-state index contributed by atoms with van der Waals surface area (Å²) in [5, 5.41) is 0.541. The third kappa shape index (κ3) is 8.48. The maximum absolute atomic E-state index is 13.4. The molecule has 0 spiro atoms. The molecular weight excluding hydrogens is 490 g/mol. The number of rotatable bonds is 12. The van der Waals surface area contributed by atoms with E-state index >= 15 is 0 Å². The summed E-state index contributed by atoms with van der Waals surface area (Å²) in [5.74, 6) is -0.381. The quantitative estimate of drug-likeness (QED) is 0.413. The van der Waals surface area contributed by atoms with Gasteiger partial charge in [0, 0.05) is 44.4 Å². The van der Waals surface area contributed by atoms with Crippen molar-refractivity contribution in [3.63, 3.8) is 0 Å². The molecule has 0 bridgehead atoms. The van der Waals surface area contributed by atoms with Crippen molar-refractivity contribution in [2.75, 3.05) is 51.9 Å². The van der Waals surface area contributed by atoms with Crippen LogP contribution in [-0.4, -0.2) is 94.2 Å². The molecule has 1 amide bonds. The average molecular weight is 524 g/mol. The fourth-order valence-electron chi connectivity index (χ4n) is 3.88. The Balaban J connectivity index is 2.26. The lowest BCUT2D eigenvalue weighted by molar-refractivity contribution is -0.135. The van der Waals surface area contributed by atoms with E-state index in [0.29, 0.717) is 37.4 Å². The van der Waals surface area contributed by atoms with Gasteiger partial charge in [0.2, 0.25) is 26.0 Å². The van der Waals surface area contributed by atoms with Crippen molar-refractivity contribution in [3.05, 3.63) is 34.9 Å². The number of amides is 1. The smallest absolute Gasteiger partial charge is 0.238 e. The second-order valence-electron chi connectivity index (χ2n) is 8.19. The van der Waals surface area contributed by atoms with Gasteiger partial charge in [-0.1, -0.05) is 30.7 Å². The zero-order valence-electron chi connectivity index (χ0n) is 19.4. The minimum atomic E-state index is -3.61. The molecule has 0 saturated carbocycles. The first-order valence-corrected chi connectivity index (χ1v) is 14.8. The lowest BCUT2D eigenvalue weighted by Gasteiger charge is -2.38. The van der Waals surface area contributed by atoms with Crippen LogP contribution in [0.5, 0.6) is 0 Å². The predicted molar refractivity (Wildman–Crippen MR) is 129 cm³/mol. The summed E-state index contributed by atoms with van der Waals surface area (Å²) in [6, 6.07) is 6.94. The van der Waals surface area contributed by atoms with Crippen molar-refractivity contribution in [1.82, 2.24) is 13.5 Å². The molecule has 1 aromatic rings. The van der Waals surface area contributed by atoms with Crippen LogP contribution in [0.15, 0.2) is 24.3 Å². The van der Waals surface area contributed by atoms with Crippen LogP contribution in [0.2, 0.25) is 5.02 Å². The van der Waals surface area contributed by atoms with Crippen LogP contribution < -0.4 is 0 Å². The summed E-state index contributed by atoms with van der Waals surface area (Å²) in [6.45, 7) is 2.62. The molecule has 0 aliphatic carbocycles. The number of hydrogen-bond donors (Lipinski definition) is 0. The van der Waals surface area contributed by atoms with Gasteiger partial charge in [-0.15, -0.1) is 0 Å². The molecule has 9 nitrogen and oxygen atoms in total. The van der Waals surface area contributed by atoms with Gasteiger partial charge >= 0.3 is 0 Å². The Bertz CT molecular complexity index is 995. The van der Waals surface area contributed by atoms with E-state index in [1.54, 1.807) is 30.0 Å². The SMILES string of the molecule is CCCS(=O)(=O)N(CCOC)CC(=O)N(Cc1cccc(Cl)c1)C1CCN(S(C)(=O)=O)CC1. The number of sulfonamides is 2. The summed E-state index contributed by atoms with van der Waals surface area (Å²) >= 11 is 6.12. The highest BCUT2D eigenvalue weighted by Gasteiger charge is 2.33. The summed E-state index contributed by atoms with van der Waals surface area (Å²) in [4.78, 5) is 15.1. The van der Waals surface area contributed by atoms with Crippen molar-refractivity contribution in [3.8, 4) is 0 Å². The molecule has 188 valence electrons. The Morgan fingerprint density at radius 3 is 2.42 bits per heavy atom. The lowest BCUT2D eigenvalue weighted by Crippen LogP contribution is -2.51. The van der Waals surface area contributed by atoms with Crippen molar-refractivity contribution in [2.24, 2.45) is 0 Å². The predicted octanol–water partition coefficient (Wildman–Crippen LogP) is 1.78. The lowest BCUT2D eigenvalue weighted by atomic mass is 10.0. The second-order valence-corrected chi connectivity index (χ2v) is 12.7. The van der Waals surface area contributed by atoms with E-state index in [0.717, 1.165) is 5.56 Å². The zero-order chi connectivity index (χ0) is 24.6. The third-order valence-corrected chi connectivity index (χ3v) is 9.17. The van der Waals surface area contributed by atoms with Crippen LogP contribution in [0.1, 0.15) is 31.7 Å². The normalized spacial score (nSPS) is 16.3. The van der Waals surface area contributed by atoms with Crippen molar-refractivity contribution < 1.29 is 26.4 Å². The first-order chi connectivity index (χ1) is 15.5. The maximum Gasteiger partial charge on any atom is 0.238 e. The van der Waals surface area contributed by atoms with Crippen LogP contribution in [-0.2, 0) is 36.1 Å². The topological polar surface area (TPSA) is 104 Å². The number of piperidine rings is 1. The van der Waals surface area contributed by atoms with Gasteiger partial charge in [-0.05, 0) is 37.0 Å². The van der Waals surface area contributed by atoms with Gasteiger partial charge in [0.25, 0.3) is 0 Å². The Kier molecular flexibility index (Phi) is 10.6. The first kappa shape index (κ1) is 28.0. The van der Waals surface area contributed by atoms with E-state index in [4.69, 9.17) is 16.3 Å². The molecule has 1 saturated heterocycles. The van der Waals surface area contributed by atoms with Crippen molar-refractivity contribution >= 4 is 37.6 Å². The number of carbonyl (C=O) groups excluding carboxylic acids is 1. The third-order valence-electron chi connectivity index (χ3n) is 5.61. The van der Waals surface area contributed by atoms with Gasteiger partial charge < -0.3 is 9.64 Å². The molecule has 0 N–H and O–H groups in total. The van der Waals surface area contributed by atoms with Gasteiger partial charge in [0.1, 0.15) is 0 Å². The van der Waals surface area contributed by atoms with Crippen LogP contribution in [0, 0.1) is 0 Å². The number of methoxy groups -OCH3 is 1. The maximum atomic E-state index is 13.4. The van der Waals surface area contributed by atoms with Gasteiger partial charge in [0.15, 0.2) is 0 Å². The van der Waals surface area contributed by atoms with Crippen LogP contribution >= 0.6 is 11.6 Å². The number of nitrogens with zero attached hydrogens (tertiary/aromatic N) is 3. The standard InChI is InChI=1S/C21H34ClN3O6S2/c1-4-14-33(29,30)24(12-13-31-2)17-21(26)25(16-18-6-5-7-19(22)15-18)20-8-10-23(11-9-20)32(3,27)28/h5-7,15,20H,4,8-14,16-17H2,1-3H3. The molecule has 0 atom stereocenters. The fourth-order valence-corrected chi connectivity index (χ4v) is 6.40. The van der Waals surface area contributed by atoms with E-state index < -0.39 is 20.0 Å². The van der Waals surface area contributed by atoms with Gasteiger partial charge in [-0.25, -0.2) is 21.1 Å². The van der Waals surface area contributed by atoms with Crippen molar-refractivity contribution in [1.29, 1.82) is 0 Å². The van der Waals surface area contributed by atoms with Crippen LogP contribution in [0.4, 0.5) is 0 Å². The summed E-state index contributed by atoms with van der Waals surface area (Å²) in [7, 11) is -5.44. The highest BCUT2D eigenvalue weighted by Crippen LogP contribution is 2.22. The van der Waals surface area contributed by atoms with Gasteiger partial charge in [-0.2, -0.15) is 4.31 Å².